The highest BCUT2D eigenvalue weighted by molar-refractivity contribution is 5.94. The van der Waals surface area contributed by atoms with Crippen LogP contribution in [0.3, 0.4) is 0 Å². The molecule has 0 saturated carbocycles. The lowest BCUT2D eigenvalue weighted by Gasteiger charge is -2.25. The highest BCUT2D eigenvalue weighted by Gasteiger charge is 2.32. The summed E-state index contributed by atoms with van der Waals surface area (Å²) in [6.45, 7) is 4.10. The smallest absolute Gasteiger partial charge is 0.329 e. The summed E-state index contributed by atoms with van der Waals surface area (Å²) in [6, 6.07) is 4.41. The molecule has 7 nitrogen and oxygen atoms in total. The summed E-state index contributed by atoms with van der Waals surface area (Å²) in [7, 11) is 0. The number of aliphatic carboxylic acids is 1. The molecule has 1 aliphatic heterocycles. The van der Waals surface area contributed by atoms with E-state index in [0.29, 0.717) is 30.4 Å². The van der Waals surface area contributed by atoms with Gasteiger partial charge in [0.25, 0.3) is 0 Å². The fourth-order valence-corrected chi connectivity index (χ4v) is 1.83. The quantitative estimate of drug-likeness (QED) is 0.787. The number of rotatable bonds is 4. The summed E-state index contributed by atoms with van der Waals surface area (Å²) < 4.78 is 10.8. The van der Waals surface area contributed by atoms with Crippen molar-refractivity contribution in [2.45, 2.75) is 25.8 Å². The van der Waals surface area contributed by atoms with Crippen molar-refractivity contribution in [2.75, 3.05) is 18.5 Å². The first kappa shape index (κ1) is 15.0. The maximum Gasteiger partial charge on any atom is 0.329 e. The number of carboxylic acids is 1. The van der Waals surface area contributed by atoms with Gasteiger partial charge in [0.15, 0.2) is 11.5 Å². The van der Waals surface area contributed by atoms with Crippen LogP contribution >= 0.6 is 0 Å². The summed E-state index contributed by atoms with van der Waals surface area (Å²) in [4.78, 5) is 23.1. The van der Waals surface area contributed by atoms with E-state index in [1.54, 1.807) is 25.1 Å². The molecular weight excluding hydrogens is 276 g/mol. The lowest BCUT2D eigenvalue weighted by atomic mass is 10.00. The van der Waals surface area contributed by atoms with Gasteiger partial charge in [0.2, 0.25) is 0 Å². The lowest BCUT2D eigenvalue weighted by molar-refractivity contribution is -0.143. The molecule has 0 bridgehead atoms. The molecule has 1 atom stereocenters. The number of nitrogens with one attached hydrogen (secondary N) is 2. The first-order valence-electron chi connectivity index (χ1n) is 6.67. The predicted molar refractivity (Wildman–Crippen MR) is 75.9 cm³/mol. The van der Waals surface area contributed by atoms with Gasteiger partial charge in [0.1, 0.15) is 18.8 Å². The number of ether oxygens (including phenoxy) is 2. The van der Waals surface area contributed by atoms with E-state index in [1.807, 2.05) is 0 Å². The molecule has 0 saturated heterocycles. The molecule has 1 heterocycles. The molecule has 2 amide bonds. The van der Waals surface area contributed by atoms with Crippen molar-refractivity contribution >= 4 is 17.7 Å². The number of carbonyl (C=O) groups excluding carboxylic acids is 1. The van der Waals surface area contributed by atoms with Gasteiger partial charge in [-0.1, -0.05) is 6.92 Å². The predicted octanol–water partition coefficient (Wildman–Crippen LogP) is 1.83. The molecule has 1 aromatic carbocycles. The Morgan fingerprint density at radius 1 is 1.29 bits per heavy atom. The van der Waals surface area contributed by atoms with Gasteiger partial charge in [-0.15, -0.1) is 0 Å². The van der Waals surface area contributed by atoms with Crippen LogP contribution in [-0.2, 0) is 4.79 Å². The molecule has 114 valence electrons. The molecule has 0 spiro atoms. The van der Waals surface area contributed by atoms with Crippen LogP contribution in [0.25, 0.3) is 0 Å². The summed E-state index contributed by atoms with van der Waals surface area (Å²) >= 11 is 0. The largest absolute Gasteiger partial charge is 0.486 e. The Morgan fingerprint density at radius 3 is 2.57 bits per heavy atom. The van der Waals surface area contributed by atoms with Crippen molar-refractivity contribution in [3.8, 4) is 11.5 Å². The van der Waals surface area contributed by atoms with Crippen LogP contribution in [0.15, 0.2) is 18.2 Å². The molecule has 0 radical (unpaired) electrons. The minimum Gasteiger partial charge on any atom is -0.486 e. The molecule has 0 aliphatic carbocycles. The van der Waals surface area contributed by atoms with Gasteiger partial charge in [0, 0.05) is 11.8 Å². The summed E-state index contributed by atoms with van der Waals surface area (Å²) in [6.07, 6.45) is 0.275. The zero-order valence-electron chi connectivity index (χ0n) is 11.9. The van der Waals surface area contributed by atoms with Crippen LogP contribution in [0.5, 0.6) is 11.5 Å². The Bertz CT molecular complexity index is 560. The van der Waals surface area contributed by atoms with Crippen molar-refractivity contribution in [3.05, 3.63) is 18.2 Å². The normalized spacial score (nSPS) is 15.7. The standard InChI is InChI=1S/C14H18N2O5/c1-3-14(2,12(17)18)16-13(19)15-9-4-5-10-11(8-9)21-7-6-20-10/h4-5,8H,3,6-7H2,1-2H3,(H,17,18)(H2,15,16,19). The van der Waals surface area contributed by atoms with Crippen LogP contribution in [0, 0.1) is 0 Å². The monoisotopic (exact) mass is 294 g/mol. The highest BCUT2D eigenvalue weighted by atomic mass is 16.6. The van der Waals surface area contributed by atoms with Gasteiger partial charge in [-0.3, -0.25) is 0 Å². The van der Waals surface area contributed by atoms with Crippen molar-refractivity contribution in [1.82, 2.24) is 5.32 Å². The number of hydrogen-bond donors (Lipinski definition) is 3. The Hall–Kier alpha value is -2.44. The average Bonchev–Trinajstić information content (AvgIpc) is 2.46. The molecule has 1 aromatic rings. The first-order valence-corrected chi connectivity index (χ1v) is 6.67. The number of anilines is 1. The molecule has 2 rings (SSSR count). The van der Waals surface area contributed by atoms with Gasteiger partial charge < -0.3 is 25.2 Å². The molecular formula is C14H18N2O5. The fourth-order valence-electron chi connectivity index (χ4n) is 1.83. The number of urea groups is 1. The summed E-state index contributed by atoms with van der Waals surface area (Å²) in [5.74, 6) is 0.0917. The van der Waals surface area contributed by atoms with Crippen LogP contribution in [-0.4, -0.2) is 35.9 Å². The number of benzene rings is 1. The Morgan fingerprint density at radius 2 is 1.95 bits per heavy atom. The topological polar surface area (TPSA) is 96.9 Å². The molecule has 21 heavy (non-hydrogen) atoms. The third kappa shape index (κ3) is 3.36. The fraction of sp³-hybridized carbons (Fsp3) is 0.429. The minimum absolute atomic E-state index is 0.275. The second kappa shape index (κ2) is 5.90. The van der Waals surface area contributed by atoms with E-state index < -0.39 is 17.5 Å². The van der Waals surface area contributed by atoms with Gasteiger partial charge in [0.05, 0.1) is 0 Å². The first-order chi connectivity index (χ1) is 9.94. The number of amides is 2. The van der Waals surface area contributed by atoms with Crippen molar-refractivity contribution in [1.29, 1.82) is 0 Å². The van der Waals surface area contributed by atoms with Crippen LogP contribution in [0.1, 0.15) is 20.3 Å². The van der Waals surface area contributed by atoms with E-state index in [-0.39, 0.29) is 6.42 Å². The van der Waals surface area contributed by atoms with Crippen molar-refractivity contribution < 1.29 is 24.2 Å². The molecule has 0 aromatic heterocycles. The van der Waals surface area contributed by atoms with Crippen molar-refractivity contribution in [2.24, 2.45) is 0 Å². The number of hydrogen-bond acceptors (Lipinski definition) is 4. The summed E-state index contributed by atoms with van der Waals surface area (Å²) in [5.41, 5.74) is -0.807. The Kier molecular flexibility index (Phi) is 4.21. The molecule has 0 fully saturated rings. The van der Waals surface area contributed by atoms with E-state index in [1.165, 1.54) is 6.92 Å². The van der Waals surface area contributed by atoms with Crippen molar-refractivity contribution in [3.63, 3.8) is 0 Å². The lowest BCUT2D eigenvalue weighted by Crippen LogP contribution is -2.53. The minimum atomic E-state index is -1.31. The second-order valence-electron chi connectivity index (χ2n) is 4.93. The van der Waals surface area contributed by atoms with Gasteiger partial charge in [-0.2, -0.15) is 0 Å². The SMILES string of the molecule is CCC(C)(NC(=O)Nc1ccc2c(c1)OCCO2)C(=O)O. The second-order valence-corrected chi connectivity index (χ2v) is 4.93. The van der Waals surface area contributed by atoms with E-state index in [2.05, 4.69) is 10.6 Å². The Labute approximate surface area is 122 Å². The van der Waals surface area contributed by atoms with E-state index in [4.69, 9.17) is 14.6 Å². The number of carboxylic acid groups (broad SMARTS) is 1. The van der Waals surface area contributed by atoms with Crippen LogP contribution in [0.4, 0.5) is 10.5 Å². The molecule has 1 unspecified atom stereocenters. The van der Waals surface area contributed by atoms with Gasteiger partial charge >= 0.3 is 12.0 Å². The van der Waals surface area contributed by atoms with Crippen LogP contribution < -0.4 is 20.1 Å². The zero-order chi connectivity index (χ0) is 15.5. The summed E-state index contributed by atoms with van der Waals surface area (Å²) in [5, 5.41) is 14.2. The maximum absolute atomic E-state index is 11.9. The van der Waals surface area contributed by atoms with Gasteiger partial charge in [-0.25, -0.2) is 9.59 Å². The molecule has 3 N–H and O–H groups in total. The van der Waals surface area contributed by atoms with E-state index in [0.717, 1.165) is 0 Å². The number of carbonyl (C=O) groups is 2. The average molecular weight is 294 g/mol. The number of fused-ring (bicyclic) bond motifs is 1. The van der Waals surface area contributed by atoms with E-state index in [9.17, 15) is 9.59 Å². The third-order valence-electron chi connectivity index (χ3n) is 3.37. The van der Waals surface area contributed by atoms with E-state index >= 15 is 0 Å². The molecule has 7 heteroatoms. The maximum atomic E-state index is 11.9. The molecule has 1 aliphatic rings. The Balaban J connectivity index is 2.04. The van der Waals surface area contributed by atoms with Crippen LogP contribution in [0.2, 0.25) is 0 Å². The van der Waals surface area contributed by atoms with Gasteiger partial charge in [-0.05, 0) is 25.5 Å². The highest BCUT2D eigenvalue weighted by Crippen LogP contribution is 2.32. The third-order valence-corrected chi connectivity index (χ3v) is 3.37. The zero-order valence-corrected chi connectivity index (χ0v) is 11.9.